The van der Waals surface area contributed by atoms with Crippen LogP contribution in [0, 0.1) is 20.8 Å². The van der Waals surface area contributed by atoms with E-state index in [2.05, 4.69) is 54.5 Å². The van der Waals surface area contributed by atoms with E-state index in [0.717, 1.165) is 29.5 Å². The molecule has 0 aliphatic rings. The highest BCUT2D eigenvalue weighted by Crippen LogP contribution is 2.47. The quantitative estimate of drug-likeness (QED) is 0.351. The van der Waals surface area contributed by atoms with Gasteiger partial charge in [-0.05, 0) is 120 Å². The zero-order valence-corrected chi connectivity index (χ0v) is 21.0. The van der Waals surface area contributed by atoms with Gasteiger partial charge in [-0.1, -0.05) is 45.9 Å². The first-order valence-electron chi connectivity index (χ1n) is 11.7. The van der Waals surface area contributed by atoms with Crippen LogP contribution in [-0.4, -0.2) is 15.3 Å². The number of benzene rings is 3. The number of aromatic hydroxyl groups is 3. The molecular formula is C30H38O3. The van der Waals surface area contributed by atoms with Gasteiger partial charge in [-0.3, -0.25) is 0 Å². The molecule has 0 amide bonds. The fourth-order valence-corrected chi connectivity index (χ4v) is 6.08. The first kappa shape index (κ1) is 24.7. The minimum absolute atomic E-state index is 0.138. The summed E-state index contributed by atoms with van der Waals surface area (Å²) in [6.45, 7) is 15.3. The lowest BCUT2D eigenvalue weighted by Crippen LogP contribution is -2.34. The van der Waals surface area contributed by atoms with Crippen molar-refractivity contribution in [1.29, 1.82) is 0 Å². The Kier molecular flexibility index (Phi) is 6.83. The van der Waals surface area contributed by atoms with Crippen molar-refractivity contribution in [1.82, 2.24) is 0 Å². The molecule has 2 unspecified atom stereocenters. The lowest BCUT2D eigenvalue weighted by Gasteiger charge is -2.41. The van der Waals surface area contributed by atoms with Gasteiger partial charge in [0.25, 0.3) is 0 Å². The Balaban J connectivity index is 2.07. The Morgan fingerprint density at radius 2 is 1.12 bits per heavy atom. The fraction of sp³-hybridized carbons (Fsp3) is 0.400. The molecule has 0 aromatic heterocycles. The molecule has 3 N–H and O–H groups in total. The minimum Gasteiger partial charge on any atom is -0.508 e. The number of hydrogen-bond acceptors (Lipinski definition) is 3. The van der Waals surface area contributed by atoms with Crippen LogP contribution in [0.3, 0.4) is 0 Å². The molecule has 2 atom stereocenters. The largest absolute Gasteiger partial charge is 0.508 e. The van der Waals surface area contributed by atoms with Gasteiger partial charge in [-0.2, -0.15) is 0 Å². The maximum absolute atomic E-state index is 10.1. The van der Waals surface area contributed by atoms with Crippen LogP contribution >= 0.6 is 0 Å². The molecule has 0 aliphatic carbocycles. The van der Waals surface area contributed by atoms with Crippen LogP contribution in [-0.2, 0) is 10.8 Å². The van der Waals surface area contributed by atoms with Crippen LogP contribution in [0.1, 0.15) is 79.8 Å². The van der Waals surface area contributed by atoms with Crippen LogP contribution in [0.5, 0.6) is 17.2 Å². The van der Waals surface area contributed by atoms with Crippen molar-refractivity contribution in [2.24, 2.45) is 0 Å². The van der Waals surface area contributed by atoms with Gasteiger partial charge in [0.2, 0.25) is 0 Å². The van der Waals surface area contributed by atoms with Crippen LogP contribution in [0.2, 0.25) is 0 Å². The second kappa shape index (κ2) is 9.13. The van der Waals surface area contributed by atoms with E-state index in [-0.39, 0.29) is 22.5 Å². The van der Waals surface area contributed by atoms with E-state index in [1.54, 1.807) is 18.2 Å². The van der Waals surface area contributed by atoms with Crippen LogP contribution < -0.4 is 0 Å². The van der Waals surface area contributed by atoms with Crippen LogP contribution in [0.25, 0.3) is 0 Å². The van der Waals surface area contributed by atoms with Crippen LogP contribution in [0.15, 0.2) is 54.6 Å². The third kappa shape index (κ3) is 5.35. The zero-order valence-electron chi connectivity index (χ0n) is 21.0. The molecule has 0 saturated heterocycles. The highest BCUT2D eigenvalue weighted by Gasteiger charge is 2.38. The number of phenolic OH excluding ortho intramolecular Hbond substituents is 3. The van der Waals surface area contributed by atoms with Crippen molar-refractivity contribution in [3.05, 3.63) is 88.0 Å². The summed E-state index contributed by atoms with van der Waals surface area (Å²) in [5.74, 6) is 1.15. The summed E-state index contributed by atoms with van der Waals surface area (Å²) in [5.41, 5.74) is 6.69. The van der Waals surface area contributed by atoms with E-state index in [1.165, 1.54) is 16.7 Å². The average Bonchev–Trinajstić information content (AvgIpc) is 2.66. The lowest BCUT2D eigenvalue weighted by molar-refractivity contribution is 0.291. The summed E-state index contributed by atoms with van der Waals surface area (Å²) in [6.07, 6.45) is 1.82. The first-order chi connectivity index (χ1) is 15.3. The smallest absolute Gasteiger partial charge is 0.115 e. The topological polar surface area (TPSA) is 60.7 Å². The van der Waals surface area contributed by atoms with Gasteiger partial charge < -0.3 is 15.3 Å². The van der Waals surface area contributed by atoms with Crippen molar-refractivity contribution in [3.8, 4) is 17.2 Å². The van der Waals surface area contributed by atoms with Gasteiger partial charge in [-0.15, -0.1) is 0 Å². The maximum atomic E-state index is 10.1. The Morgan fingerprint density at radius 1 is 0.667 bits per heavy atom. The summed E-state index contributed by atoms with van der Waals surface area (Å²) >= 11 is 0. The molecule has 3 aromatic rings. The van der Waals surface area contributed by atoms with Gasteiger partial charge >= 0.3 is 0 Å². The number of rotatable bonds is 7. The van der Waals surface area contributed by atoms with E-state index in [9.17, 15) is 15.3 Å². The Morgan fingerprint density at radius 3 is 1.61 bits per heavy atom. The van der Waals surface area contributed by atoms with E-state index in [0.29, 0.717) is 11.5 Å². The van der Waals surface area contributed by atoms with E-state index in [1.807, 2.05) is 30.3 Å². The van der Waals surface area contributed by atoms with E-state index in [4.69, 9.17) is 0 Å². The molecule has 33 heavy (non-hydrogen) atoms. The zero-order chi connectivity index (χ0) is 24.6. The number of hydrogen-bond donors (Lipinski definition) is 3. The molecule has 0 fully saturated rings. The van der Waals surface area contributed by atoms with Crippen molar-refractivity contribution >= 4 is 0 Å². The van der Waals surface area contributed by atoms with Gasteiger partial charge in [0.15, 0.2) is 0 Å². The highest BCUT2D eigenvalue weighted by atomic mass is 16.3. The Hall–Kier alpha value is -2.94. The highest BCUT2D eigenvalue weighted by molar-refractivity contribution is 5.43. The fourth-order valence-electron chi connectivity index (χ4n) is 6.08. The average molecular weight is 447 g/mol. The molecule has 0 aliphatic heterocycles. The van der Waals surface area contributed by atoms with Gasteiger partial charge in [-0.25, -0.2) is 0 Å². The van der Waals surface area contributed by atoms with Crippen molar-refractivity contribution < 1.29 is 15.3 Å². The predicted molar refractivity (Wildman–Crippen MR) is 137 cm³/mol. The van der Waals surface area contributed by atoms with Gasteiger partial charge in [0.1, 0.15) is 17.2 Å². The minimum atomic E-state index is -0.171. The third-order valence-corrected chi connectivity index (χ3v) is 7.17. The lowest BCUT2D eigenvalue weighted by atomic mass is 9.62. The molecule has 3 aromatic carbocycles. The van der Waals surface area contributed by atoms with Crippen molar-refractivity contribution in [2.75, 3.05) is 0 Å². The summed E-state index contributed by atoms with van der Waals surface area (Å²) in [4.78, 5) is 0. The predicted octanol–water partition coefficient (Wildman–Crippen LogP) is 7.55. The summed E-state index contributed by atoms with van der Waals surface area (Å²) in [7, 11) is 0. The summed E-state index contributed by atoms with van der Waals surface area (Å²) in [6, 6.07) is 17.0. The molecule has 0 radical (unpaired) electrons. The first-order valence-corrected chi connectivity index (χ1v) is 11.7. The number of phenols is 3. The SMILES string of the molecule is Cc1cc(O)ccc1C(C)CC(C)(CC(C)(C)c1ccc(O)cc1C)c1ccc(O)cc1C. The third-order valence-electron chi connectivity index (χ3n) is 7.17. The monoisotopic (exact) mass is 446 g/mol. The molecule has 176 valence electrons. The molecule has 3 heteroatoms. The van der Waals surface area contributed by atoms with E-state index >= 15 is 0 Å². The van der Waals surface area contributed by atoms with Crippen LogP contribution in [0.4, 0.5) is 0 Å². The molecule has 0 heterocycles. The molecule has 0 saturated carbocycles. The molecular weight excluding hydrogens is 408 g/mol. The summed E-state index contributed by atoms with van der Waals surface area (Å²) < 4.78 is 0. The number of aryl methyl sites for hydroxylation is 3. The van der Waals surface area contributed by atoms with Crippen molar-refractivity contribution in [3.63, 3.8) is 0 Å². The Labute approximate surface area is 198 Å². The molecule has 0 spiro atoms. The molecule has 3 nitrogen and oxygen atoms in total. The molecule has 0 bridgehead atoms. The van der Waals surface area contributed by atoms with Gasteiger partial charge in [0, 0.05) is 0 Å². The normalized spacial score (nSPS) is 14.6. The van der Waals surface area contributed by atoms with Gasteiger partial charge in [0.05, 0.1) is 0 Å². The summed E-state index contributed by atoms with van der Waals surface area (Å²) in [5, 5.41) is 29.9. The molecule has 3 rings (SSSR count). The standard InChI is InChI=1S/C30H38O3/c1-19-14-23(31)8-11-26(19)22(4)17-30(7,28-13-10-25(33)16-21(28)3)18-29(5,6)27-12-9-24(32)15-20(27)2/h8-16,22,31-33H,17-18H2,1-7H3. The van der Waals surface area contributed by atoms with E-state index < -0.39 is 0 Å². The van der Waals surface area contributed by atoms with Crippen molar-refractivity contribution in [2.45, 2.75) is 78.1 Å². The Bertz CT molecular complexity index is 1150. The maximum Gasteiger partial charge on any atom is 0.115 e. The second-order valence-electron chi connectivity index (χ2n) is 10.8. The second-order valence-corrected chi connectivity index (χ2v) is 10.8.